The molecule has 164 valence electrons. The van der Waals surface area contributed by atoms with Gasteiger partial charge in [-0.05, 0) is 49.8 Å². The van der Waals surface area contributed by atoms with Gasteiger partial charge >= 0.3 is 0 Å². The number of carbonyl (C=O) groups excluding carboxylic acids is 1. The molecule has 2 heterocycles. The van der Waals surface area contributed by atoms with E-state index in [1.807, 2.05) is 0 Å². The van der Waals surface area contributed by atoms with Gasteiger partial charge in [0.1, 0.15) is 5.75 Å². The Morgan fingerprint density at radius 3 is 2.93 bits per heavy atom. The lowest BCUT2D eigenvalue weighted by molar-refractivity contribution is -0.135. The maximum absolute atomic E-state index is 12.8. The Morgan fingerprint density at radius 1 is 1.23 bits per heavy atom. The molecule has 1 aromatic rings. The first-order valence-corrected chi connectivity index (χ1v) is 11.8. The summed E-state index contributed by atoms with van der Waals surface area (Å²) in [6.07, 6.45) is 8.78. The molecule has 1 saturated heterocycles. The van der Waals surface area contributed by atoms with Gasteiger partial charge < -0.3 is 20.3 Å². The number of aliphatic imine (C=N–C) groups is 1. The van der Waals surface area contributed by atoms with Crippen molar-refractivity contribution in [1.29, 1.82) is 0 Å². The number of rotatable bonds is 6. The van der Waals surface area contributed by atoms with Crippen LogP contribution in [0.3, 0.4) is 0 Å². The van der Waals surface area contributed by atoms with Gasteiger partial charge in [-0.2, -0.15) is 0 Å². The summed E-state index contributed by atoms with van der Waals surface area (Å²) in [7, 11) is 0. The monoisotopic (exact) mass is 412 g/mol. The van der Waals surface area contributed by atoms with Crippen LogP contribution in [-0.2, 0) is 17.6 Å². The number of ether oxygens (including phenoxy) is 1. The zero-order valence-corrected chi connectivity index (χ0v) is 18.3. The van der Waals surface area contributed by atoms with Gasteiger partial charge in [0.05, 0.1) is 6.61 Å². The lowest BCUT2D eigenvalue weighted by atomic mass is 9.88. The lowest BCUT2D eigenvalue weighted by Crippen LogP contribution is -2.45. The van der Waals surface area contributed by atoms with E-state index in [9.17, 15) is 4.79 Å². The zero-order chi connectivity index (χ0) is 20.8. The zero-order valence-electron chi connectivity index (χ0n) is 18.3. The van der Waals surface area contributed by atoms with Gasteiger partial charge in [0.2, 0.25) is 5.91 Å². The van der Waals surface area contributed by atoms with Crippen LogP contribution < -0.4 is 15.4 Å². The number of hydrogen-bond donors (Lipinski definition) is 2. The highest BCUT2D eigenvalue weighted by atomic mass is 16.5. The van der Waals surface area contributed by atoms with E-state index >= 15 is 0 Å². The highest BCUT2D eigenvalue weighted by molar-refractivity contribution is 5.81. The van der Waals surface area contributed by atoms with E-state index in [1.54, 1.807) is 0 Å². The van der Waals surface area contributed by atoms with Crippen molar-refractivity contribution in [2.45, 2.75) is 64.3 Å². The summed E-state index contributed by atoms with van der Waals surface area (Å²) >= 11 is 0. The molecular weight excluding hydrogens is 376 g/mol. The third-order valence-corrected chi connectivity index (χ3v) is 6.56. The van der Waals surface area contributed by atoms with Crippen LogP contribution in [0.4, 0.5) is 0 Å². The molecule has 2 N–H and O–H groups in total. The molecule has 6 nitrogen and oxygen atoms in total. The molecule has 1 aromatic carbocycles. The molecule has 0 bridgehead atoms. The maximum Gasteiger partial charge on any atom is 0.225 e. The molecule has 1 aliphatic carbocycles. The van der Waals surface area contributed by atoms with Crippen LogP contribution in [0.2, 0.25) is 0 Å². The van der Waals surface area contributed by atoms with Crippen molar-refractivity contribution >= 4 is 11.9 Å². The third kappa shape index (κ3) is 5.27. The highest BCUT2D eigenvalue weighted by Gasteiger charge is 2.31. The van der Waals surface area contributed by atoms with Crippen LogP contribution >= 0.6 is 0 Å². The predicted molar refractivity (Wildman–Crippen MR) is 120 cm³/mol. The average molecular weight is 413 g/mol. The van der Waals surface area contributed by atoms with E-state index in [-0.39, 0.29) is 12.0 Å². The van der Waals surface area contributed by atoms with E-state index in [0.717, 1.165) is 76.6 Å². The summed E-state index contributed by atoms with van der Waals surface area (Å²) in [4.78, 5) is 19.7. The van der Waals surface area contributed by atoms with Gasteiger partial charge in [0.25, 0.3) is 0 Å². The van der Waals surface area contributed by atoms with Crippen LogP contribution in [-0.4, -0.2) is 55.6 Å². The molecule has 0 aromatic heterocycles. The molecule has 4 rings (SSSR count). The van der Waals surface area contributed by atoms with E-state index in [4.69, 9.17) is 9.73 Å². The first-order valence-electron chi connectivity index (χ1n) is 11.8. The summed E-state index contributed by atoms with van der Waals surface area (Å²) < 4.78 is 5.59. The Bertz CT molecular complexity index is 758. The fourth-order valence-electron chi connectivity index (χ4n) is 4.89. The molecule has 1 saturated carbocycles. The highest BCUT2D eigenvalue weighted by Crippen LogP contribution is 2.27. The van der Waals surface area contributed by atoms with Gasteiger partial charge in [-0.15, -0.1) is 0 Å². The van der Waals surface area contributed by atoms with Crippen LogP contribution in [0.25, 0.3) is 0 Å². The van der Waals surface area contributed by atoms with Crippen molar-refractivity contribution in [3.63, 3.8) is 0 Å². The van der Waals surface area contributed by atoms with Crippen molar-refractivity contribution < 1.29 is 9.53 Å². The summed E-state index contributed by atoms with van der Waals surface area (Å²) in [6.45, 7) is 6.12. The van der Waals surface area contributed by atoms with E-state index in [0.29, 0.717) is 5.91 Å². The largest absolute Gasteiger partial charge is 0.493 e. The fraction of sp³-hybridized carbons (Fsp3) is 0.667. The first-order chi connectivity index (χ1) is 14.7. The lowest BCUT2D eigenvalue weighted by Gasteiger charge is -2.26. The van der Waals surface area contributed by atoms with Crippen molar-refractivity contribution in [3.05, 3.63) is 29.3 Å². The number of nitrogens with zero attached hydrogens (tertiary/aromatic N) is 2. The second-order valence-electron chi connectivity index (χ2n) is 8.80. The molecule has 2 fully saturated rings. The fourth-order valence-corrected chi connectivity index (χ4v) is 4.89. The van der Waals surface area contributed by atoms with Crippen molar-refractivity contribution in [2.75, 3.05) is 32.8 Å². The van der Waals surface area contributed by atoms with E-state index < -0.39 is 0 Å². The van der Waals surface area contributed by atoms with Crippen LogP contribution in [0, 0.1) is 5.92 Å². The van der Waals surface area contributed by atoms with Gasteiger partial charge in [0.15, 0.2) is 5.96 Å². The molecule has 1 amide bonds. The Labute approximate surface area is 180 Å². The first kappa shape index (κ1) is 21.0. The molecule has 2 aliphatic heterocycles. The second kappa shape index (κ2) is 10.2. The molecule has 0 radical (unpaired) electrons. The molecule has 0 spiro atoms. The molecule has 3 aliphatic rings. The van der Waals surface area contributed by atoms with Crippen molar-refractivity contribution in [1.82, 2.24) is 15.5 Å². The minimum absolute atomic E-state index is 0.261. The van der Waals surface area contributed by atoms with Crippen molar-refractivity contribution in [2.24, 2.45) is 10.9 Å². The number of nitrogens with one attached hydrogen (secondary N) is 2. The number of amides is 1. The Kier molecular flexibility index (Phi) is 7.13. The van der Waals surface area contributed by atoms with E-state index in [1.165, 1.54) is 30.4 Å². The standard InChI is InChI=1S/C24H36N4O2/c1-2-25-24(26-13-10-18-8-9-22-20(16-18)12-15-30-22)27-21-11-14-28(17-21)23(29)19-6-4-3-5-7-19/h8-9,16,19,21H,2-7,10-15,17H2,1H3,(H2,25,26,27). The number of benzene rings is 1. The number of likely N-dealkylation sites (tertiary alicyclic amines) is 1. The smallest absolute Gasteiger partial charge is 0.225 e. The molecule has 30 heavy (non-hydrogen) atoms. The SMILES string of the molecule is CCNC(=NCCc1ccc2c(c1)CCO2)NC1CCN(C(=O)C2CCCCC2)C1. The predicted octanol–water partition coefficient (Wildman–Crippen LogP) is 2.90. The van der Waals surface area contributed by atoms with Gasteiger partial charge in [-0.25, -0.2) is 0 Å². The minimum Gasteiger partial charge on any atom is -0.493 e. The number of guanidine groups is 1. The summed E-state index contributed by atoms with van der Waals surface area (Å²) in [5.74, 6) is 2.53. The van der Waals surface area contributed by atoms with Gasteiger partial charge in [0, 0.05) is 44.6 Å². The second-order valence-corrected chi connectivity index (χ2v) is 8.80. The summed E-state index contributed by atoms with van der Waals surface area (Å²) in [5.41, 5.74) is 2.62. The number of fused-ring (bicyclic) bond motifs is 1. The topological polar surface area (TPSA) is 66.0 Å². The maximum atomic E-state index is 12.8. The van der Waals surface area contributed by atoms with Gasteiger partial charge in [-0.1, -0.05) is 31.4 Å². The summed E-state index contributed by atoms with van der Waals surface area (Å²) in [6, 6.07) is 6.77. The molecule has 6 heteroatoms. The normalized spacial score (nSPS) is 22.0. The van der Waals surface area contributed by atoms with Crippen molar-refractivity contribution in [3.8, 4) is 5.75 Å². The Hall–Kier alpha value is -2.24. The third-order valence-electron chi connectivity index (χ3n) is 6.56. The Morgan fingerprint density at radius 2 is 2.10 bits per heavy atom. The van der Waals surface area contributed by atoms with Crippen LogP contribution in [0.1, 0.15) is 56.6 Å². The van der Waals surface area contributed by atoms with Crippen LogP contribution in [0.15, 0.2) is 23.2 Å². The average Bonchev–Trinajstić information content (AvgIpc) is 3.43. The molecule has 1 atom stereocenters. The summed E-state index contributed by atoms with van der Waals surface area (Å²) in [5, 5.41) is 6.92. The molecule has 1 unspecified atom stereocenters. The van der Waals surface area contributed by atoms with Gasteiger partial charge in [-0.3, -0.25) is 9.79 Å². The van der Waals surface area contributed by atoms with E-state index in [2.05, 4.69) is 40.7 Å². The van der Waals surface area contributed by atoms with Crippen LogP contribution in [0.5, 0.6) is 5.75 Å². The quantitative estimate of drug-likeness (QED) is 0.557. The number of hydrogen-bond acceptors (Lipinski definition) is 3. The number of carbonyl (C=O) groups is 1. The minimum atomic E-state index is 0.261. The Balaban J connectivity index is 1.27. The molecular formula is C24H36N4O2.